The molecule has 1 aromatic carbocycles. The van der Waals surface area contributed by atoms with Crippen LogP contribution in [0.1, 0.15) is 17.2 Å². The van der Waals surface area contributed by atoms with Crippen molar-refractivity contribution >= 4 is 6.03 Å². The minimum atomic E-state index is -0.575. The normalized spacial score (nSPS) is 23.3. The second-order valence-corrected chi connectivity index (χ2v) is 5.54. The Morgan fingerprint density at radius 2 is 2.14 bits per heavy atom. The number of rotatable bonds is 3. The zero-order valence-electron chi connectivity index (χ0n) is 11.7. The SMILES string of the molecule is N#Cc1ccc(C(O)CN2CCN3C(=O)NCC3C2)cc1. The highest BCUT2D eigenvalue weighted by Gasteiger charge is 2.35. The lowest BCUT2D eigenvalue weighted by atomic mass is 10.1. The largest absolute Gasteiger partial charge is 0.387 e. The fourth-order valence-electron chi connectivity index (χ4n) is 2.96. The maximum atomic E-state index is 11.5. The van der Waals surface area contributed by atoms with E-state index in [2.05, 4.69) is 16.3 Å². The molecule has 0 aromatic heterocycles. The molecule has 21 heavy (non-hydrogen) atoms. The smallest absolute Gasteiger partial charge is 0.317 e. The van der Waals surface area contributed by atoms with Crippen molar-refractivity contribution in [3.05, 3.63) is 35.4 Å². The van der Waals surface area contributed by atoms with Gasteiger partial charge in [-0.2, -0.15) is 5.26 Å². The van der Waals surface area contributed by atoms with Crippen molar-refractivity contribution in [2.45, 2.75) is 12.1 Å². The second kappa shape index (κ2) is 5.72. The summed E-state index contributed by atoms with van der Waals surface area (Å²) in [6, 6.07) is 9.32. The van der Waals surface area contributed by atoms with E-state index < -0.39 is 6.10 Å². The lowest BCUT2D eigenvalue weighted by Crippen LogP contribution is -2.52. The molecule has 110 valence electrons. The molecule has 0 bridgehead atoms. The van der Waals surface area contributed by atoms with Gasteiger partial charge in [0.25, 0.3) is 0 Å². The zero-order chi connectivity index (χ0) is 14.8. The fraction of sp³-hybridized carbons (Fsp3) is 0.467. The zero-order valence-corrected chi connectivity index (χ0v) is 11.7. The van der Waals surface area contributed by atoms with Gasteiger partial charge in [0.05, 0.1) is 23.8 Å². The topological polar surface area (TPSA) is 79.6 Å². The molecule has 2 amide bonds. The summed E-state index contributed by atoms with van der Waals surface area (Å²) >= 11 is 0. The van der Waals surface area contributed by atoms with Crippen molar-refractivity contribution in [3.63, 3.8) is 0 Å². The Labute approximate surface area is 123 Å². The molecule has 0 spiro atoms. The number of benzene rings is 1. The van der Waals surface area contributed by atoms with Crippen molar-refractivity contribution in [2.24, 2.45) is 0 Å². The van der Waals surface area contributed by atoms with Crippen LogP contribution in [0.5, 0.6) is 0 Å². The number of nitrogens with zero attached hydrogens (tertiary/aromatic N) is 3. The van der Waals surface area contributed by atoms with E-state index in [0.29, 0.717) is 25.2 Å². The first-order chi connectivity index (χ1) is 10.2. The van der Waals surface area contributed by atoms with Crippen LogP contribution in [0.15, 0.2) is 24.3 Å². The lowest BCUT2D eigenvalue weighted by molar-refractivity contribution is 0.0680. The average molecular weight is 286 g/mol. The average Bonchev–Trinajstić information content (AvgIpc) is 2.88. The molecule has 2 aliphatic heterocycles. The number of aliphatic hydroxyl groups excluding tert-OH is 1. The summed E-state index contributed by atoms with van der Waals surface area (Å²) in [6.45, 7) is 3.49. The van der Waals surface area contributed by atoms with Crippen molar-refractivity contribution in [1.82, 2.24) is 15.1 Å². The van der Waals surface area contributed by atoms with Gasteiger partial charge in [0.1, 0.15) is 0 Å². The quantitative estimate of drug-likeness (QED) is 0.837. The molecule has 2 aliphatic rings. The molecule has 2 saturated heterocycles. The first-order valence-electron chi connectivity index (χ1n) is 7.12. The lowest BCUT2D eigenvalue weighted by Gasteiger charge is -2.37. The number of fused-ring (bicyclic) bond motifs is 1. The summed E-state index contributed by atoms with van der Waals surface area (Å²) in [5, 5.41) is 21.9. The number of piperazine rings is 1. The third-order valence-electron chi connectivity index (χ3n) is 4.17. The van der Waals surface area contributed by atoms with Crippen molar-refractivity contribution < 1.29 is 9.90 Å². The molecule has 2 fully saturated rings. The summed E-state index contributed by atoms with van der Waals surface area (Å²) in [6.07, 6.45) is -0.575. The van der Waals surface area contributed by atoms with Crippen LogP contribution < -0.4 is 5.32 Å². The van der Waals surface area contributed by atoms with Crippen molar-refractivity contribution in [2.75, 3.05) is 32.7 Å². The molecule has 0 saturated carbocycles. The van der Waals surface area contributed by atoms with Gasteiger partial charge in [0.15, 0.2) is 0 Å². The van der Waals surface area contributed by atoms with E-state index in [9.17, 15) is 9.90 Å². The van der Waals surface area contributed by atoms with E-state index in [-0.39, 0.29) is 12.1 Å². The van der Waals surface area contributed by atoms with Crippen LogP contribution in [0.25, 0.3) is 0 Å². The van der Waals surface area contributed by atoms with Crippen LogP contribution in [0.3, 0.4) is 0 Å². The first kappa shape index (κ1) is 13.9. The molecule has 2 atom stereocenters. The Balaban J connectivity index is 1.59. The number of β-amino-alcohol motifs (C(OH)–C–C–N with tert-alkyl or cyclic N) is 1. The van der Waals surface area contributed by atoms with Gasteiger partial charge >= 0.3 is 6.03 Å². The summed E-state index contributed by atoms with van der Waals surface area (Å²) in [5.41, 5.74) is 1.41. The molecule has 6 nitrogen and oxygen atoms in total. The highest BCUT2D eigenvalue weighted by atomic mass is 16.3. The molecule has 2 unspecified atom stereocenters. The number of urea groups is 1. The monoisotopic (exact) mass is 286 g/mol. The van der Waals surface area contributed by atoms with Gasteiger partial charge in [-0.15, -0.1) is 0 Å². The van der Waals surface area contributed by atoms with E-state index in [1.165, 1.54) is 0 Å². The third kappa shape index (κ3) is 2.84. The van der Waals surface area contributed by atoms with Crippen LogP contribution >= 0.6 is 0 Å². The molecule has 0 aliphatic carbocycles. The summed E-state index contributed by atoms with van der Waals surface area (Å²) in [5.74, 6) is 0. The maximum absolute atomic E-state index is 11.5. The van der Waals surface area contributed by atoms with Gasteiger partial charge in [0, 0.05) is 32.7 Å². The maximum Gasteiger partial charge on any atom is 0.317 e. The van der Waals surface area contributed by atoms with E-state index in [0.717, 1.165) is 18.7 Å². The summed E-state index contributed by atoms with van der Waals surface area (Å²) in [7, 11) is 0. The third-order valence-corrected chi connectivity index (χ3v) is 4.17. The van der Waals surface area contributed by atoms with E-state index in [1.807, 2.05) is 4.90 Å². The fourth-order valence-corrected chi connectivity index (χ4v) is 2.96. The number of aliphatic hydroxyl groups is 1. The number of nitriles is 1. The molecule has 6 heteroatoms. The predicted octanol–water partition coefficient (Wildman–Crippen LogP) is 0.301. The van der Waals surface area contributed by atoms with Crippen LogP contribution in [0.2, 0.25) is 0 Å². The number of carbonyl (C=O) groups excluding carboxylic acids is 1. The Bertz CT molecular complexity index is 566. The summed E-state index contributed by atoms with van der Waals surface area (Å²) in [4.78, 5) is 15.6. The second-order valence-electron chi connectivity index (χ2n) is 5.54. The van der Waals surface area contributed by atoms with E-state index in [1.54, 1.807) is 24.3 Å². The summed E-state index contributed by atoms with van der Waals surface area (Å²) < 4.78 is 0. The van der Waals surface area contributed by atoms with Crippen LogP contribution in [0, 0.1) is 11.3 Å². The minimum Gasteiger partial charge on any atom is -0.387 e. The van der Waals surface area contributed by atoms with Crippen molar-refractivity contribution in [1.29, 1.82) is 5.26 Å². The van der Waals surface area contributed by atoms with Crippen LogP contribution in [-0.2, 0) is 0 Å². The van der Waals surface area contributed by atoms with Crippen LogP contribution in [-0.4, -0.2) is 59.7 Å². The molecule has 2 N–H and O–H groups in total. The Morgan fingerprint density at radius 1 is 1.38 bits per heavy atom. The molecule has 2 heterocycles. The van der Waals surface area contributed by atoms with Crippen molar-refractivity contribution in [3.8, 4) is 6.07 Å². The standard InChI is InChI=1S/C15H18N4O2/c16-7-11-1-3-12(4-2-11)14(20)10-18-5-6-19-13(9-18)8-17-15(19)21/h1-4,13-14,20H,5-6,8-10H2,(H,17,21). The van der Waals surface area contributed by atoms with Gasteiger partial charge in [-0.3, -0.25) is 4.90 Å². The Morgan fingerprint density at radius 3 is 2.86 bits per heavy atom. The number of nitrogens with one attached hydrogen (secondary N) is 1. The minimum absolute atomic E-state index is 0.0206. The number of carbonyl (C=O) groups is 1. The molecule has 0 radical (unpaired) electrons. The van der Waals surface area contributed by atoms with Gasteiger partial charge in [-0.25, -0.2) is 4.79 Å². The van der Waals surface area contributed by atoms with Gasteiger partial charge in [0.2, 0.25) is 0 Å². The van der Waals surface area contributed by atoms with E-state index in [4.69, 9.17) is 5.26 Å². The van der Waals surface area contributed by atoms with Crippen LogP contribution in [0.4, 0.5) is 4.79 Å². The Hall–Kier alpha value is -2.10. The number of hydrogen-bond donors (Lipinski definition) is 2. The van der Waals surface area contributed by atoms with Gasteiger partial charge in [-0.1, -0.05) is 12.1 Å². The molecular weight excluding hydrogens is 268 g/mol. The number of hydrogen-bond acceptors (Lipinski definition) is 4. The highest BCUT2D eigenvalue weighted by molar-refractivity contribution is 5.77. The first-order valence-corrected chi connectivity index (χ1v) is 7.12. The predicted molar refractivity (Wildman–Crippen MR) is 76.4 cm³/mol. The Kier molecular flexibility index (Phi) is 3.78. The highest BCUT2D eigenvalue weighted by Crippen LogP contribution is 2.19. The van der Waals surface area contributed by atoms with E-state index >= 15 is 0 Å². The van der Waals surface area contributed by atoms with Gasteiger partial charge < -0.3 is 15.3 Å². The molecular formula is C15H18N4O2. The number of amides is 2. The molecule has 1 aromatic rings. The molecule has 3 rings (SSSR count). The van der Waals surface area contributed by atoms with Gasteiger partial charge in [-0.05, 0) is 17.7 Å².